The van der Waals surface area contributed by atoms with Gasteiger partial charge in [-0.1, -0.05) is 19.3 Å². The molecule has 3 amide bonds. The summed E-state index contributed by atoms with van der Waals surface area (Å²) in [5, 5.41) is 13.7. The Hall–Kier alpha value is -3.95. The molecule has 33 heavy (non-hydrogen) atoms. The molecule has 2 aliphatic rings. The molecule has 2 heterocycles. The smallest absolute Gasteiger partial charge is 0.261 e. The Morgan fingerprint density at radius 2 is 1.79 bits per heavy atom. The first-order chi connectivity index (χ1) is 15.9. The standard InChI is InChI=1S/C23H21FN6O3/c1-13-26-27-28-30(13)16-8-10-19(24)20(12-16)25-21(31)14-7-9-17-18(11-14)23(33)29(22(17)32)15-5-3-2-4-6-15/h7-12,15H,2-6H2,1H3,(H,25,31). The first kappa shape index (κ1) is 20.9. The number of anilines is 1. The molecule has 1 N–H and O–H groups in total. The summed E-state index contributed by atoms with van der Waals surface area (Å²) in [6.07, 6.45) is 4.68. The van der Waals surface area contributed by atoms with Gasteiger partial charge in [0.1, 0.15) is 5.82 Å². The molecule has 1 aromatic heterocycles. The molecule has 10 heteroatoms. The molecule has 1 saturated carbocycles. The summed E-state index contributed by atoms with van der Waals surface area (Å²) >= 11 is 0. The molecule has 0 radical (unpaired) electrons. The van der Waals surface area contributed by atoms with Gasteiger partial charge >= 0.3 is 0 Å². The number of aromatic nitrogens is 4. The second kappa shape index (κ2) is 8.19. The number of nitrogens with zero attached hydrogens (tertiary/aromatic N) is 5. The van der Waals surface area contributed by atoms with Gasteiger partial charge in [0, 0.05) is 11.6 Å². The summed E-state index contributed by atoms with van der Waals surface area (Å²) in [4.78, 5) is 40.0. The van der Waals surface area contributed by atoms with Crippen LogP contribution < -0.4 is 5.32 Å². The van der Waals surface area contributed by atoms with E-state index in [2.05, 4.69) is 20.8 Å². The first-order valence-electron chi connectivity index (χ1n) is 10.8. The van der Waals surface area contributed by atoms with Gasteiger partial charge in [0.2, 0.25) is 0 Å². The van der Waals surface area contributed by atoms with Crippen LogP contribution >= 0.6 is 0 Å². The lowest BCUT2D eigenvalue weighted by Crippen LogP contribution is -2.40. The Balaban J connectivity index is 1.40. The summed E-state index contributed by atoms with van der Waals surface area (Å²) in [5.74, 6) is -1.42. The number of imide groups is 1. The lowest BCUT2D eigenvalue weighted by molar-refractivity contribution is 0.0549. The van der Waals surface area contributed by atoms with Crippen LogP contribution in [-0.2, 0) is 0 Å². The van der Waals surface area contributed by atoms with Gasteiger partial charge in [0.05, 0.1) is 22.5 Å². The molecule has 0 atom stereocenters. The Bertz CT molecular complexity index is 1280. The number of nitrogens with one attached hydrogen (secondary N) is 1. The van der Waals surface area contributed by atoms with E-state index in [1.54, 1.807) is 6.92 Å². The van der Waals surface area contributed by atoms with Crippen LogP contribution in [0, 0.1) is 12.7 Å². The van der Waals surface area contributed by atoms with Crippen molar-refractivity contribution in [3.63, 3.8) is 0 Å². The number of tetrazole rings is 1. The lowest BCUT2D eigenvalue weighted by atomic mass is 9.94. The second-order valence-electron chi connectivity index (χ2n) is 8.29. The van der Waals surface area contributed by atoms with E-state index in [1.807, 2.05) is 0 Å². The van der Waals surface area contributed by atoms with Crippen LogP contribution in [0.3, 0.4) is 0 Å². The molecular weight excluding hydrogens is 427 g/mol. The summed E-state index contributed by atoms with van der Waals surface area (Å²) in [7, 11) is 0. The minimum Gasteiger partial charge on any atom is -0.319 e. The third kappa shape index (κ3) is 3.67. The number of hydrogen-bond acceptors (Lipinski definition) is 6. The molecular formula is C23H21FN6O3. The van der Waals surface area contributed by atoms with Crippen molar-refractivity contribution in [2.24, 2.45) is 0 Å². The molecule has 0 spiro atoms. The zero-order valence-electron chi connectivity index (χ0n) is 17.9. The Morgan fingerprint density at radius 3 is 2.52 bits per heavy atom. The maximum absolute atomic E-state index is 14.4. The third-order valence-electron chi connectivity index (χ3n) is 6.19. The molecule has 1 aliphatic heterocycles. The van der Waals surface area contributed by atoms with E-state index in [4.69, 9.17) is 0 Å². The Morgan fingerprint density at radius 1 is 1.03 bits per heavy atom. The average Bonchev–Trinajstić information content (AvgIpc) is 3.36. The molecule has 5 rings (SSSR count). The number of rotatable bonds is 4. The van der Waals surface area contributed by atoms with Crippen molar-refractivity contribution >= 4 is 23.4 Å². The van der Waals surface area contributed by atoms with Gasteiger partial charge in [0.25, 0.3) is 17.7 Å². The minimum atomic E-state index is -0.631. The van der Waals surface area contributed by atoms with Crippen LogP contribution in [0.1, 0.15) is 69.0 Å². The summed E-state index contributed by atoms with van der Waals surface area (Å²) < 4.78 is 15.8. The van der Waals surface area contributed by atoms with Crippen LogP contribution in [0.25, 0.3) is 5.69 Å². The molecule has 9 nitrogen and oxygen atoms in total. The fourth-order valence-corrected chi connectivity index (χ4v) is 4.48. The second-order valence-corrected chi connectivity index (χ2v) is 8.29. The zero-order chi connectivity index (χ0) is 23.1. The van der Waals surface area contributed by atoms with Crippen molar-refractivity contribution in [3.8, 4) is 5.69 Å². The first-order valence-corrected chi connectivity index (χ1v) is 10.8. The third-order valence-corrected chi connectivity index (χ3v) is 6.19. The predicted octanol–water partition coefficient (Wildman–Crippen LogP) is 3.29. The van der Waals surface area contributed by atoms with Crippen molar-refractivity contribution in [3.05, 3.63) is 64.7 Å². The largest absolute Gasteiger partial charge is 0.319 e. The fraction of sp³-hybridized carbons (Fsp3) is 0.304. The monoisotopic (exact) mass is 448 g/mol. The van der Waals surface area contributed by atoms with Gasteiger partial charge in [-0.2, -0.15) is 4.68 Å². The fourth-order valence-electron chi connectivity index (χ4n) is 4.48. The highest BCUT2D eigenvalue weighted by molar-refractivity contribution is 6.22. The quantitative estimate of drug-likeness (QED) is 0.614. The van der Waals surface area contributed by atoms with Crippen molar-refractivity contribution in [2.45, 2.75) is 45.1 Å². The van der Waals surface area contributed by atoms with Crippen LogP contribution in [0.2, 0.25) is 0 Å². The number of carbonyl (C=O) groups is 3. The highest BCUT2D eigenvalue weighted by Crippen LogP contribution is 2.31. The number of benzene rings is 2. The van der Waals surface area contributed by atoms with Gasteiger partial charge in [0.15, 0.2) is 5.82 Å². The topological polar surface area (TPSA) is 110 Å². The number of hydrogen-bond donors (Lipinski definition) is 1. The van der Waals surface area contributed by atoms with Crippen molar-refractivity contribution < 1.29 is 18.8 Å². The highest BCUT2D eigenvalue weighted by atomic mass is 19.1. The van der Waals surface area contributed by atoms with Gasteiger partial charge < -0.3 is 5.32 Å². The average molecular weight is 448 g/mol. The van der Waals surface area contributed by atoms with E-state index in [-0.39, 0.29) is 34.7 Å². The van der Waals surface area contributed by atoms with E-state index in [0.717, 1.165) is 32.1 Å². The maximum Gasteiger partial charge on any atom is 0.261 e. The Labute approximate surface area is 188 Å². The van der Waals surface area contributed by atoms with Crippen molar-refractivity contribution in [2.75, 3.05) is 5.32 Å². The lowest BCUT2D eigenvalue weighted by Gasteiger charge is -2.29. The molecule has 168 valence electrons. The van der Waals surface area contributed by atoms with Crippen molar-refractivity contribution in [1.82, 2.24) is 25.1 Å². The predicted molar refractivity (Wildman–Crippen MR) is 116 cm³/mol. The van der Waals surface area contributed by atoms with Gasteiger partial charge in [-0.15, -0.1) is 5.10 Å². The van der Waals surface area contributed by atoms with E-state index < -0.39 is 11.7 Å². The molecule has 0 saturated heterocycles. The van der Waals surface area contributed by atoms with Crippen LogP contribution in [0.15, 0.2) is 36.4 Å². The van der Waals surface area contributed by atoms with Gasteiger partial charge in [-0.25, -0.2) is 4.39 Å². The number of carbonyl (C=O) groups excluding carboxylic acids is 3. The molecule has 0 unspecified atom stereocenters. The van der Waals surface area contributed by atoms with Crippen LogP contribution in [0.5, 0.6) is 0 Å². The molecule has 1 aliphatic carbocycles. The number of amides is 3. The van der Waals surface area contributed by atoms with Gasteiger partial charge in [-0.05, 0) is 66.6 Å². The maximum atomic E-state index is 14.4. The minimum absolute atomic E-state index is 0.0564. The van der Waals surface area contributed by atoms with Gasteiger partial charge in [-0.3, -0.25) is 19.3 Å². The van der Waals surface area contributed by atoms with E-state index in [0.29, 0.717) is 17.1 Å². The molecule has 3 aromatic rings. The zero-order valence-corrected chi connectivity index (χ0v) is 17.9. The van der Waals surface area contributed by atoms with E-state index >= 15 is 0 Å². The highest BCUT2D eigenvalue weighted by Gasteiger charge is 2.40. The summed E-state index contributed by atoms with van der Waals surface area (Å²) in [6, 6.07) is 8.38. The number of halogens is 1. The van der Waals surface area contributed by atoms with Crippen molar-refractivity contribution in [1.29, 1.82) is 0 Å². The molecule has 0 bridgehead atoms. The van der Waals surface area contributed by atoms with E-state index in [9.17, 15) is 18.8 Å². The van der Waals surface area contributed by atoms with E-state index in [1.165, 1.54) is 46.0 Å². The van der Waals surface area contributed by atoms with Crippen LogP contribution in [0.4, 0.5) is 10.1 Å². The molecule has 2 aromatic carbocycles. The summed E-state index contributed by atoms with van der Waals surface area (Å²) in [5.41, 5.74) is 1.08. The SMILES string of the molecule is Cc1nnnn1-c1ccc(F)c(NC(=O)c2ccc3c(c2)C(=O)N(C2CCCCC2)C3=O)c1. The normalized spacial score (nSPS) is 16.2. The summed E-state index contributed by atoms with van der Waals surface area (Å²) in [6.45, 7) is 1.70. The number of fused-ring (bicyclic) bond motifs is 1. The number of aryl methyl sites for hydroxylation is 1. The molecule has 1 fully saturated rings. The Kier molecular flexibility index (Phi) is 5.20. The van der Waals surface area contributed by atoms with Crippen LogP contribution in [-0.4, -0.2) is 48.9 Å².